The van der Waals surface area contributed by atoms with E-state index < -0.39 is 5.41 Å². The van der Waals surface area contributed by atoms with E-state index in [1.807, 2.05) is 11.3 Å². The SMILES string of the molecule is Cn1c2ccccc2c2c3c(cc(N(c4ccccc4)c4ccc(C(C)(C)C)cc4)c21)C1(c2ccccc2-c2ccccc21)c1cc(Nc2ccc(C(C)(C)C)cc2)c2c(sc4ccccc42)c1-3. The Labute approximate surface area is 403 Å². The van der Waals surface area contributed by atoms with Gasteiger partial charge in [-0.3, -0.25) is 0 Å². The predicted octanol–water partition coefficient (Wildman–Crippen LogP) is 17.9. The molecule has 0 amide bonds. The van der Waals surface area contributed by atoms with Crippen molar-refractivity contribution in [3.05, 3.63) is 221 Å². The Morgan fingerprint density at radius 1 is 0.500 bits per heavy atom. The van der Waals surface area contributed by atoms with Gasteiger partial charge in [0.25, 0.3) is 0 Å². The van der Waals surface area contributed by atoms with Crippen LogP contribution in [0, 0.1) is 0 Å². The molecule has 13 rings (SSSR count). The van der Waals surface area contributed by atoms with Gasteiger partial charge in [0.2, 0.25) is 0 Å². The first-order valence-corrected chi connectivity index (χ1v) is 24.8. The van der Waals surface area contributed by atoms with Crippen molar-refractivity contribution in [2.75, 3.05) is 10.2 Å². The number of anilines is 5. The molecule has 2 aliphatic carbocycles. The summed E-state index contributed by atoms with van der Waals surface area (Å²) in [6.45, 7) is 13.7. The van der Waals surface area contributed by atoms with E-state index in [0.29, 0.717) is 0 Å². The number of para-hydroxylation sites is 2. The zero-order valence-electron chi connectivity index (χ0n) is 39.7. The van der Waals surface area contributed by atoms with Crippen molar-refractivity contribution >= 4 is 81.8 Å². The first kappa shape index (κ1) is 40.8. The van der Waals surface area contributed by atoms with E-state index in [9.17, 15) is 0 Å². The zero-order valence-corrected chi connectivity index (χ0v) is 40.5. The minimum Gasteiger partial charge on any atom is -0.355 e. The Morgan fingerprint density at radius 2 is 1.04 bits per heavy atom. The monoisotopic (exact) mass is 895 g/mol. The second-order valence-electron chi connectivity index (χ2n) is 21.0. The maximum absolute atomic E-state index is 4.07. The molecule has 1 N–H and O–H groups in total. The molecule has 2 heterocycles. The molecule has 0 saturated heterocycles. The van der Waals surface area contributed by atoms with Crippen molar-refractivity contribution < 1.29 is 0 Å². The number of rotatable bonds is 5. The fourth-order valence-electron chi connectivity index (χ4n) is 11.9. The topological polar surface area (TPSA) is 20.2 Å². The zero-order chi connectivity index (χ0) is 46.3. The van der Waals surface area contributed by atoms with Crippen molar-refractivity contribution in [3.8, 4) is 22.3 Å². The van der Waals surface area contributed by atoms with Gasteiger partial charge in [-0.15, -0.1) is 11.3 Å². The van der Waals surface area contributed by atoms with E-state index in [1.54, 1.807) is 0 Å². The average molecular weight is 896 g/mol. The molecule has 0 bridgehead atoms. The van der Waals surface area contributed by atoms with Gasteiger partial charge >= 0.3 is 0 Å². The summed E-state index contributed by atoms with van der Waals surface area (Å²) in [7, 11) is 2.27. The Kier molecular flexibility index (Phi) is 8.74. The molecule has 4 heteroatoms. The standard InChI is InChI=1S/C64H53N3S/c1-62(2,3)39-29-33-41(34-30-39)65-52-37-50-59(61-56(52)47-24-14-18-28-55(47)68-61)58-51(64(50)48-25-15-11-21-44(48)45-22-12-16-26-49(45)64)38-54(60-57(58)46-23-13-17-27-53(46)66(60)7)67(42-19-9-8-10-20-42)43-35-31-40(32-36-43)63(4,5)6/h8-38,65H,1-7H3. The Morgan fingerprint density at radius 3 is 1.71 bits per heavy atom. The van der Waals surface area contributed by atoms with Gasteiger partial charge in [0, 0.05) is 71.8 Å². The second-order valence-corrected chi connectivity index (χ2v) is 22.1. The van der Waals surface area contributed by atoms with E-state index >= 15 is 0 Å². The number of nitrogens with zero attached hydrogens (tertiary/aromatic N) is 2. The first-order valence-electron chi connectivity index (χ1n) is 24.0. The van der Waals surface area contributed by atoms with Gasteiger partial charge in [-0.1, -0.05) is 169 Å². The highest BCUT2D eigenvalue weighted by Gasteiger charge is 2.54. The number of benzene rings is 9. The van der Waals surface area contributed by atoms with Crippen molar-refractivity contribution in [3.63, 3.8) is 0 Å². The third-order valence-corrected chi connectivity index (χ3v) is 16.3. The molecule has 2 aromatic heterocycles. The lowest BCUT2D eigenvalue weighted by atomic mass is 9.70. The van der Waals surface area contributed by atoms with Gasteiger partial charge in [-0.05, 0) is 122 Å². The lowest BCUT2D eigenvalue weighted by molar-refractivity contribution is 0.590. The van der Waals surface area contributed by atoms with Gasteiger partial charge in [0.15, 0.2) is 0 Å². The van der Waals surface area contributed by atoms with Gasteiger partial charge < -0.3 is 14.8 Å². The van der Waals surface area contributed by atoms with Crippen LogP contribution in [0.2, 0.25) is 0 Å². The molecule has 9 aromatic carbocycles. The molecule has 0 radical (unpaired) electrons. The molecule has 0 fully saturated rings. The molecule has 0 unspecified atom stereocenters. The highest BCUT2D eigenvalue weighted by Crippen LogP contribution is 2.68. The molecule has 1 spiro atoms. The minimum atomic E-state index is -0.632. The van der Waals surface area contributed by atoms with Crippen LogP contribution in [0.1, 0.15) is 74.9 Å². The summed E-state index contributed by atoms with van der Waals surface area (Å²) in [6, 6.07) is 71.0. The third-order valence-electron chi connectivity index (χ3n) is 15.1. The van der Waals surface area contributed by atoms with Gasteiger partial charge in [-0.25, -0.2) is 0 Å². The number of thiophene rings is 1. The van der Waals surface area contributed by atoms with Gasteiger partial charge in [-0.2, -0.15) is 0 Å². The lowest BCUT2D eigenvalue weighted by Crippen LogP contribution is -2.26. The third kappa shape index (κ3) is 5.71. The molecule has 11 aromatic rings. The molecule has 0 saturated carbocycles. The molecule has 2 aliphatic rings. The second kappa shape index (κ2) is 14.6. The van der Waals surface area contributed by atoms with Crippen LogP contribution in [0.5, 0.6) is 0 Å². The average Bonchev–Trinajstić information content (AvgIpc) is 4.06. The van der Waals surface area contributed by atoms with E-state index in [4.69, 9.17) is 0 Å². The van der Waals surface area contributed by atoms with Crippen molar-refractivity contribution in [2.24, 2.45) is 7.05 Å². The summed E-state index contributed by atoms with van der Waals surface area (Å²) in [4.78, 5) is 2.51. The van der Waals surface area contributed by atoms with Gasteiger partial charge in [0.05, 0.1) is 16.6 Å². The van der Waals surface area contributed by atoms with Crippen LogP contribution in [0.3, 0.4) is 0 Å². The highest BCUT2D eigenvalue weighted by molar-refractivity contribution is 7.26. The Balaban J connectivity index is 1.22. The normalized spacial score (nSPS) is 13.6. The van der Waals surface area contributed by atoms with Crippen LogP contribution >= 0.6 is 11.3 Å². The van der Waals surface area contributed by atoms with E-state index in [-0.39, 0.29) is 10.8 Å². The van der Waals surface area contributed by atoms with Crippen molar-refractivity contribution in [2.45, 2.75) is 57.8 Å². The summed E-state index contributed by atoms with van der Waals surface area (Å²) >= 11 is 1.94. The number of fused-ring (bicyclic) bond motifs is 18. The predicted molar refractivity (Wildman–Crippen MR) is 291 cm³/mol. The van der Waals surface area contributed by atoms with Crippen LogP contribution in [0.25, 0.3) is 64.2 Å². The number of aromatic nitrogens is 1. The molecule has 0 aliphatic heterocycles. The van der Waals surface area contributed by atoms with Crippen molar-refractivity contribution in [1.82, 2.24) is 4.57 Å². The van der Waals surface area contributed by atoms with E-state index in [2.05, 4.69) is 251 Å². The molecule has 330 valence electrons. The van der Waals surface area contributed by atoms with Crippen molar-refractivity contribution in [1.29, 1.82) is 0 Å². The van der Waals surface area contributed by atoms with Crippen LogP contribution in [-0.2, 0) is 23.3 Å². The molecule has 68 heavy (non-hydrogen) atoms. The number of aryl methyl sites for hydroxylation is 1. The molecular weight excluding hydrogens is 843 g/mol. The van der Waals surface area contributed by atoms with Crippen LogP contribution in [0.4, 0.5) is 28.4 Å². The fraction of sp³-hybridized carbons (Fsp3) is 0.156. The van der Waals surface area contributed by atoms with E-state index in [1.165, 1.54) is 97.6 Å². The van der Waals surface area contributed by atoms with E-state index in [0.717, 1.165) is 28.4 Å². The summed E-state index contributed by atoms with van der Waals surface area (Å²) < 4.78 is 5.06. The summed E-state index contributed by atoms with van der Waals surface area (Å²) in [6.07, 6.45) is 0. The maximum Gasteiger partial charge on any atom is 0.0740 e. The summed E-state index contributed by atoms with van der Waals surface area (Å²) in [5.41, 5.74) is 20.7. The first-order chi connectivity index (χ1) is 32.9. The van der Waals surface area contributed by atoms with Crippen LogP contribution in [0.15, 0.2) is 188 Å². The van der Waals surface area contributed by atoms with Crippen LogP contribution < -0.4 is 10.2 Å². The summed E-state index contributed by atoms with van der Waals surface area (Å²) in [5.74, 6) is 0. The minimum absolute atomic E-state index is 0.0235. The summed E-state index contributed by atoms with van der Waals surface area (Å²) in [5, 5.41) is 9.17. The fourth-order valence-corrected chi connectivity index (χ4v) is 13.2. The number of nitrogens with one attached hydrogen (secondary N) is 1. The largest absolute Gasteiger partial charge is 0.355 e. The van der Waals surface area contributed by atoms with Crippen LogP contribution in [-0.4, -0.2) is 4.57 Å². The van der Waals surface area contributed by atoms with Gasteiger partial charge in [0.1, 0.15) is 0 Å². The molecule has 0 atom stereocenters. The highest BCUT2D eigenvalue weighted by atomic mass is 32.1. The number of hydrogen-bond acceptors (Lipinski definition) is 3. The molecule has 3 nitrogen and oxygen atoms in total. The molecular formula is C64H53N3S. The number of hydrogen-bond donors (Lipinski definition) is 1. The lowest BCUT2D eigenvalue weighted by Gasteiger charge is -2.33. The Hall–Kier alpha value is -7.40. The smallest absolute Gasteiger partial charge is 0.0740 e. The Bertz CT molecular complexity index is 3790. The maximum atomic E-state index is 4.07. The quantitative estimate of drug-likeness (QED) is 0.186.